The third kappa shape index (κ3) is 5.64. The van der Waals surface area contributed by atoms with Crippen molar-refractivity contribution in [2.75, 3.05) is 44.2 Å². The molecule has 2 aliphatic rings. The minimum atomic E-state index is -4.82. The zero-order valence-electron chi connectivity index (χ0n) is 20.3. The number of nitro groups is 1. The maximum absolute atomic E-state index is 13.2. The van der Waals surface area contributed by atoms with Crippen molar-refractivity contribution in [3.8, 4) is 0 Å². The second-order valence-corrected chi connectivity index (χ2v) is 10.6. The minimum absolute atomic E-state index is 0.103. The largest absolute Gasteiger partial charge is 0.416 e. The van der Waals surface area contributed by atoms with Gasteiger partial charge in [0.25, 0.3) is 11.2 Å². The number of hydrogen-bond donors (Lipinski definition) is 0. The molecule has 2 aromatic carbocycles. The molecule has 2 fully saturated rings. The molecule has 0 saturated carbocycles. The van der Waals surface area contributed by atoms with Crippen LogP contribution in [-0.2, 0) is 12.7 Å². The van der Waals surface area contributed by atoms with E-state index in [9.17, 15) is 32.5 Å². The SMILES string of the molecule is O=c1nc(N2CCN(C3CCN(Cc4ccc(F)cc4)CC3)CC2)sc2c([N+](=O)[O-])cc(C(F)(F)F)cc12. The van der Waals surface area contributed by atoms with Gasteiger partial charge in [-0.25, -0.2) is 4.39 Å². The van der Waals surface area contributed by atoms with E-state index in [0.29, 0.717) is 31.3 Å². The molecule has 2 aliphatic heterocycles. The first kappa shape index (κ1) is 26.4. The lowest BCUT2D eigenvalue weighted by Crippen LogP contribution is -2.53. The van der Waals surface area contributed by atoms with Crippen molar-refractivity contribution in [1.29, 1.82) is 0 Å². The number of likely N-dealkylation sites (tertiary alicyclic amines) is 1. The van der Waals surface area contributed by atoms with Crippen molar-refractivity contribution in [1.82, 2.24) is 14.8 Å². The molecule has 5 rings (SSSR count). The summed E-state index contributed by atoms with van der Waals surface area (Å²) in [6, 6.07) is 8.08. The maximum atomic E-state index is 13.2. The summed E-state index contributed by atoms with van der Waals surface area (Å²) in [7, 11) is 0. The number of nitro benzene ring substituents is 1. The molecule has 0 aliphatic carbocycles. The van der Waals surface area contributed by atoms with Crippen molar-refractivity contribution in [3.05, 3.63) is 73.8 Å². The van der Waals surface area contributed by atoms with Crippen molar-refractivity contribution < 1.29 is 22.5 Å². The number of piperidine rings is 1. The summed E-state index contributed by atoms with van der Waals surface area (Å²) in [5.74, 6) is -0.244. The topological polar surface area (TPSA) is 82.8 Å². The molecular weight excluding hydrogens is 526 g/mol. The van der Waals surface area contributed by atoms with Crippen LogP contribution in [0.3, 0.4) is 0 Å². The van der Waals surface area contributed by atoms with Crippen LogP contribution in [-0.4, -0.2) is 65.0 Å². The zero-order chi connectivity index (χ0) is 27.0. The molecule has 0 unspecified atom stereocenters. The molecule has 0 atom stereocenters. The first-order valence-corrected chi connectivity index (χ1v) is 13.1. The first-order chi connectivity index (χ1) is 18.1. The second-order valence-electron chi connectivity index (χ2n) is 9.59. The lowest BCUT2D eigenvalue weighted by atomic mass is 10.0. The molecule has 0 amide bonds. The molecule has 0 radical (unpaired) electrons. The van der Waals surface area contributed by atoms with Gasteiger partial charge >= 0.3 is 6.18 Å². The molecule has 38 heavy (non-hydrogen) atoms. The molecular formula is C25H25F4N5O3S. The molecule has 1 aromatic heterocycles. The summed E-state index contributed by atoms with van der Waals surface area (Å²) < 4.78 is 52.7. The van der Waals surface area contributed by atoms with Crippen molar-refractivity contribution in [2.45, 2.75) is 31.6 Å². The Morgan fingerprint density at radius 1 is 1.03 bits per heavy atom. The Morgan fingerprint density at radius 3 is 2.29 bits per heavy atom. The van der Waals surface area contributed by atoms with Gasteiger partial charge in [-0.05, 0) is 49.7 Å². The third-order valence-electron chi connectivity index (χ3n) is 7.19. The van der Waals surface area contributed by atoms with Gasteiger partial charge in [0.1, 0.15) is 10.5 Å². The van der Waals surface area contributed by atoms with Crippen LogP contribution in [0.5, 0.6) is 0 Å². The zero-order valence-corrected chi connectivity index (χ0v) is 21.1. The number of anilines is 1. The number of alkyl halides is 3. The maximum Gasteiger partial charge on any atom is 0.416 e. The Kier molecular flexibility index (Phi) is 7.34. The monoisotopic (exact) mass is 551 g/mol. The molecule has 3 aromatic rings. The van der Waals surface area contributed by atoms with Crippen molar-refractivity contribution >= 4 is 32.2 Å². The van der Waals surface area contributed by atoms with Crippen LogP contribution in [0.4, 0.5) is 28.4 Å². The van der Waals surface area contributed by atoms with Crippen LogP contribution in [0.15, 0.2) is 41.2 Å². The first-order valence-electron chi connectivity index (χ1n) is 12.2. The molecule has 0 bridgehead atoms. The van der Waals surface area contributed by atoms with E-state index in [2.05, 4.69) is 14.8 Å². The number of nitrogens with zero attached hydrogens (tertiary/aromatic N) is 5. The standard InChI is InChI=1S/C25H25F4N5O3S/c26-18-3-1-16(2-4-18)15-31-7-5-19(6-8-31)32-9-11-33(12-10-32)24-30-23(35)20-13-17(25(27,28)29)14-21(34(36)37)22(20)38-24/h1-4,13-14,19H,5-12,15H2. The van der Waals surface area contributed by atoms with E-state index in [1.807, 2.05) is 4.90 Å². The van der Waals surface area contributed by atoms with Gasteiger partial charge in [0.15, 0.2) is 5.13 Å². The minimum Gasteiger partial charge on any atom is -0.345 e. The normalized spacial score (nSPS) is 18.3. The van der Waals surface area contributed by atoms with Crippen LogP contribution in [0.2, 0.25) is 0 Å². The van der Waals surface area contributed by atoms with Crippen LogP contribution in [0.1, 0.15) is 24.0 Å². The average molecular weight is 552 g/mol. The highest BCUT2D eigenvalue weighted by atomic mass is 32.1. The summed E-state index contributed by atoms with van der Waals surface area (Å²) in [5, 5.41) is 11.4. The highest BCUT2D eigenvalue weighted by Crippen LogP contribution is 2.38. The van der Waals surface area contributed by atoms with Gasteiger partial charge in [-0.1, -0.05) is 23.5 Å². The van der Waals surface area contributed by atoms with Crippen LogP contribution in [0, 0.1) is 15.9 Å². The lowest BCUT2D eigenvalue weighted by Gasteiger charge is -2.42. The van der Waals surface area contributed by atoms with Gasteiger partial charge in [-0.2, -0.15) is 18.2 Å². The average Bonchev–Trinajstić information content (AvgIpc) is 2.89. The Balaban J connectivity index is 1.24. The summed E-state index contributed by atoms with van der Waals surface area (Å²) in [6.07, 6.45) is -2.82. The second kappa shape index (κ2) is 10.5. The fourth-order valence-corrected chi connectivity index (χ4v) is 6.26. The van der Waals surface area contributed by atoms with Crippen LogP contribution >= 0.6 is 11.3 Å². The van der Waals surface area contributed by atoms with Gasteiger partial charge in [0.2, 0.25) is 0 Å². The van der Waals surface area contributed by atoms with E-state index < -0.39 is 33.3 Å². The van der Waals surface area contributed by atoms with Crippen LogP contribution in [0.25, 0.3) is 10.1 Å². The highest BCUT2D eigenvalue weighted by molar-refractivity contribution is 7.22. The smallest absolute Gasteiger partial charge is 0.345 e. The molecule has 8 nitrogen and oxygen atoms in total. The summed E-state index contributed by atoms with van der Waals surface area (Å²) >= 11 is 0.878. The molecule has 3 heterocycles. The van der Waals surface area contributed by atoms with Gasteiger partial charge in [0, 0.05) is 44.8 Å². The Labute approximate surface area is 219 Å². The van der Waals surface area contributed by atoms with Gasteiger partial charge in [0.05, 0.1) is 15.9 Å². The number of aromatic nitrogens is 1. The quantitative estimate of drug-likeness (QED) is 0.262. The number of hydrogen-bond acceptors (Lipinski definition) is 8. The molecule has 2 saturated heterocycles. The fourth-order valence-electron chi connectivity index (χ4n) is 5.14. The summed E-state index contributed by atoms with van der Waals surface area (Å²) in [6.45, 7) is 5.19. The van der Waals surface area contributed by atoms with Gasteiger partial charge in [-0.15, -0.1) is 0 Å². The number of rotatable bonds is 5. The number of non-ortho nitro benzene ring substituents is 1. The van der Waals surface area contributed by atoms with E-state index >= 15 is 0 Å². The predicted octanol–water partition coefficient (Wildman–Crippen LogP) is 4.51. The number of benzene rings is 2. The van der Waals surface area contributed by atoms with E-state index in [1.54, 1.807) is 12.1 Å². The summed E-state index contributed by atoms with van der Waals surface area (Å²) in [5.41, 5.74) is -1.81. The molecule has 0 spiro atoms. The van der Waals surface area contributed by atoms with E-state index in [-0.39, 0.29) is 15.6 Å². The molecule has 202 valence electrons. The van der Waals surface area contributed by atoms with E-state index in [1.165, 1.54) is 12.1 Å². The number of piperazine rings is 1. The lowest BCUT2D eigenvalue weighted by molar-refractivity contribution is -0.383. The van der Waals surface area contributed by atoms with Crippen molar-refractivity contribution in [3.63, 3.8) is 0 Å². The van der Waals surface area contributed by atoms with E-state index in [0.717, 1.165) is 62.5 Å². The highest BCUT2D eigenvalue weighted by Gasteiger charge is 2.35. The fraction of sp³-hybridized carbons (Fsp3) is 0.440. The molecule has 13 heteroatoms. The predicted molar refractivity (Wildman–Crippen MR) is 136 cm³/mol. The van der Waals surface area contributed by atoms with E-state index in [4.69, 9.17) is 0 Å². The Hall–Kier alpha value is -3.16. The van der Waals surface area contributed by atoms with Crippen LogP contribution < -0.4 is 10.5 Å². The van der Waals surface area contributed by atoms with Crippen molar-refractivity contribution in [2.24, 2.45) is 0 Å². The Morgan fingerprint density at radius 2 is 1.68 bits per heavy atom. The summed E-state index contributed by atoms with van der Waals surface area (Å²) in [4.78, 5) is 33.9. The Bertz CT molecular complexity index is 1380. The molecule has 0 N–H and O–H groups in total. The number of fused-ring (bicyclic) bond motifs is 1. The number of halogens is 4. The third-order valence-corrected chi connectivity index (χ3v) is 8.36. The van der Waals surface area contributed by atoms with Gasteiger partial charge in [-0.3, -0.25) is 24.7 Å². The van der Waals surface area contributed by atoms with Gasteiger partial charge < -0.3 is 4.90 Å².